The Morgan fingerprint density at radius 3 is 1.73 bits per heavy atom. The second-order valence-corrected chi connectivity index (χ2v) is 20.9. The van der Waals surface area contributed by atoms with Gasteiger partial charge in [0, 0.05) is 0 Å². The average Bonchev–Trinajstić information content (AvgIpc) is 3.65. The van der Waals surface area contributed by atoms with E-state index >= 15 is 0 Å². The van der Waals surface area contributed by atoms with Crippen LogP contribution < -0.4 is 10.6 Å². The summed E-state index contributed by atoms with van der Waals surface area (Å²) in [6.07, 6.45) is 11.0. The molecule has 0 spiro atoms. The normalized spacial score (nSPS) is 16.2. The van der Waals surface area contributed by atoms with E-state index in [0.29, 0.717) is 40.0 Å². The smallest absolute Gasteiger partial charge is 0.297 e. The van der Waals surface area contributed by atoms with Gasteiger partial charge in [0.15, 0.2) is 0 Å². The number of hydrogen-bond donors (Lipinski definition) is 3. The Morgan fingerprint density at radius 1 is 0.788 bits per heavy atom. The molecule has 0 bridgehead atoms. The molecule has 1 aliphatic heterocycles. The number of unbranched alkanes of at least 4 members (excludes halogenated alkanes) is 3. The zero-order chi connectivity index (χ0) is 49.3. The molecule has 3 N–H and O–H groups in total. The minimum atomic E-state index is -3.98. The number of nitrogens with zero attached hydrogens (tertiary/aromatic N) is 4. The number of carbonyl (C=O) groups is 2. The highest BCUT2D eigenvalue weighted by atomic mass is 79.9. The Morgan fingerprint density at radius 2 is 1.26 bits per heavy atom. The molecule has 0 saturated carbocycles. The van der Waals surface area contributed by atoms with E-state index in [1.54, 1.807) is 26.0 Å². The van der Waals surface area contributed by atoms with Gasteiger partial charge in [0.25, 0.3) is 21.9 Å². The summed E-state index contributed by atoms with van der Waals surface area (Å²) in [6.45, 7) is 13.8. The van der Waals surface area contributed by atoms with Crippen LogP contribution in [-0.2, 0) is 19.0 Å². The van der Waals surface area contributed by atoms with Crippen LogP contribution in [0.4, 0.5) is 13.2 Å². The summed E-state index contributed by atoms with van der Waals surface area (Å²) >= 11 is 9.51. The number of nitrogens with one attached hydrogen (secondary N) is 2. The molecule has 4 aromatic rings. The lowest BCUT2D eigenvalue weighted by Crippen LogP contribution is -2.50. The number of aliphatic hydroxyl groups is 1. The molecule has 0 radical (unpaired) electrons. The summed E-state index contributed by atoms with van der Waals surface area (Å²) < 4.78 is 76.1. The third kappa shape index (κ3) is 17.7. The highest BCUT2D eigenvalue weighted by Gasteiger charge is 2.34. The fraction of sp³-hybridized carbons (Fsp3) is 0.478. The lowest BCUT2D eigenvalue weighted by molar-refractivity contribution is 0.0830. The predicted octanol–water partition coefficient (Wildman–Crippen LogP) is 10.7. The third-order valence-electron chi connectivity index (χ3n) is 10.2. The number of ether oxygens (including phenoxy) is 1. The molecular formula is C46H58Br3F3N6O7S. The maximum absolute atomic E-state index is 13.2. The molecule has 2 amide bonds. The molecule has 0 aliphatic carbocycles. The molecule has 3 atom stereocenters. The topological polar surface area (TPSA) is 182 Å². The van der Waals surface area contributed by atoms with Crippen LogP contribution in [0.15, 0.2) is 84.4 Å². The molecule has 0 saturated heterocycles. The largest absolute Gasteiger partial charge is 0.474 e. The molecule has 0 unspecified atom stereocenters. The van der Waals surface area contributed by atoms with E-state index in [4.69, 9.17) is 8.92 Å². The Labute approximate surface area is 411 Å². The zero-order valence-corrected chi connectivity index (χ0v) is 43.7. The summed E-state index contributed by atoms with van der Waals surface area (Å²) in [4.78, 5) is 41.0. The fourth-order valence-electron chi connectivity index (χ4n) is 6.21. The minimum absolute atomic E-state index is 0.00974. The first-order chi connectivity index (χ1) is 31.0. The lowest BCUT2D eigenvalue weighted by Gasteiger charge is -2.30. The van der Waals surface area contributed by atoms with E-state index in [1.807, 2.05) is 20.8 Å². The minimum Gasteiger partial charge on any atom is -0.474 e. The number of aromatic nitrogens is 3. The number of aliphatic imine (C=N–C) groups is 1. The van der Waals surface area contributed by atoms with Crippen LogP contribution >= 0.6 is 47.8 Å². The summed E-state index contributed by atoms with van der Waals surface area (Å²) in [5.74, 6) is -1.95. The maximum atomic E-state index is 13.2. The van der Waals surface area contributed by atoms with Gasteiger partial charge in [-0.2, -0.15) is 8.42 Å². The van der Waals surface area contributed by atoms with E-state index in [2.05, 4.69) is 92.2 Å². The zero-order valence-electron chi connectivity index (χ0n) is 38.1. The number of halogens is 6. The van der Waals surface area contributed by atoms with Gasteiger partial charge >= 0.3 is 0 Å². The summed E-state index contributed by atoms with van der Waals surface area (Å²) in [5, 5.41) is 15.0. The van der Waals surface area contributed by atoms with Crippen molar-refractivity contribution in [3.05, 3.63) is 115 Å². The van der Waals surface area contributed by atoms with Gasteiger partial charge in [-0.05, 0) is 125 Å². The van der Waals surface area contributed by atoms with E-state index in [1.165, 1.54) is 30.5 Å². The summed E-state index contributed by atoms with van der Waals surface area (Å²) in [6, 6.07) is 10.0. The number of aryl methyl sites for hydroxylation is 1. The average molecular weight is 1140 g/mol. The summed E-state index contributed by atoms with van der Waals surface area (Å²) in [7, 11) is -3.98. The SMILES string of the molecule is CCCC[C@](C)(CO)NC(=O)c1ncc(F)cc1Br.CCCC[C@](C)(COS(=O)(=O)c1ccc(C)cc1)NC(=O)c1ncc(F)cc1Br.CCCC[C@]1(C)COC(c2ncc(F)cc2Br)=N1. The second-order valence-electron chi connectivity index (χ2n) is 16.7. The van der Waals surface area contributed by atoms with E-state index < -0.39 is 44.6 Å². The number of rotatable bonds is 19. The van der Waals surface area contributed by atoms with Gasteiger partial charge < -0.3 is 20.5 Å². The van der Waals surface area contributed by atoms with E-state index in [9.17, 15) is 36.3 Å². The first-order valence-electron chi connectivity index (χ1n) is 21.4. The third-order valence-corrected chi connectivity index (χ3v) is 13.3. The van der Waals surface area contributed by atoms with Crippen LogP contribution in [0.25, 0.3) is 0 Å². The maximum Gasteiger partial charge on any atom is 0.297 e. The van der Waals surface area contributed by atoms with Gasteiger partial charge in [-0.3, -0.25) is 13.8 Å². The monoisotopic (exact) mass is 1130 g/mol. The number of pyridine rings is 3. The van der Waals surface area contributed by atoms with Crippen molar-refractivity contribution >= 4 is 75.6 Å². The molecule has 66 heavy (non-hydrogen) atoms. The van der Waals surface area contributed by atoms with Gasteiger partial charge in [-0.25, -0.2) is 33.1 Å². The van der Waals surface area contributed by atoms with Crippen molar-refractivity contribution in [3.8, 4) is 0 Å². The molecule has 3 aromatic heterocycles. The number of aliphatic hydroxyl groups excluding tert-OH is 1. The molecular weight excluding hydrogens is 1080 g/mol. The van der Waals surface area contributed by atoms with Crippen LogP contribution in [0.1, 0.15) is 132 Å². The van der Waals surface area contributed by atoms with Gasteiger partial charge in [0.05, 0.1) is 66.7 Å². The second kappa shape index (κ2) is 26.1. The number of benzene rings is 1. The van der Waals surface area contributed by atoms with Crippen LogP contribution in [0.3, 0.4) is 0 Å². The first kappa shape index (κ1) is 56.5. The van der Waals surface area contributed by atoms with Crippen molar-refractivity contribution < 1.29 is 45.2 Å². The Bertz CT molecular complexity index is 2400. The predicted molar refractivity (Wildman–Crippen MR) is 258 cm³/mol. The molecule has 5 rings (SSSR count). The van der Waals surface area contributed by atoms with E-state index in [0.717, 1.165) is 69.0 Å². The van der Waals surface area contributed by atoms with E-state index in [-0.39, 0.29) is 45.3 Å². The van der Waals surface area contributed by atoms with Crippen molar-refractivity contribution in [2.24, 2.45) is 4.99 Å². The molecule has 362 valence electrons. The van der Waals surface area contributed by atoms with Gasteiger partial charge in [-0.1, -0.05) is 77.0 Å². The van der Waals surface area contributed by atoms with Crippen molar-refractivity contribution in [2.75, 3.05) is 19.8 Å². The number of amides is 2. The van der Waals surface area contributed by atoms with Crippen molar-refractivity contribution in [1.29, 1.82) is 0 Å². The molecule has 20 heteroatoms. The fourth-order valence-corrected chi connectivity index (χ4v) is 8.72. The molecule has 1 aromatic carbocycles. The molecule has 4 heterocycles. The van der Waals surface area contributed by atoms with Crippen molar-refractivity contribution in [2.45, 2.75) is 128 Å². The highest BCUT2D eigenvalue weighted by Crippen LogP contribution is 2.29. The molecule has 1 aliphatic rings. The Kier molecular flexibility index (Phi) is 22.3. The van der Waals surface area contributed by atoms with Gasteiger partial charge in [-0.15, -0.1) is 0 Å². The van der Waals surface area contributed by atoms with Crippen molar-refractivity contribution in [1.82, 2.24) is 25.6 Å². The van der Waals surface area contributed by atoms with Gasteiger partial charge in [0.1, 0.15) is 41.1 Å². The van der Waals surface area contributed by atoms with Crippen LogP contribution in [0.2, 0.25) is 0 Å². The standard InChI is InChI=1S/C20H24BrFN2O4S.C13H18BrFN2O2.C13H16BrFN2O/c1-4-5-10-20(3,24-19(25)18-17(21)11-15(22)12-23-18)13-28-29(26,27)16-8-6-14(2)7-9-16;1-3-4-5-13(2,8-18)17-12(19)11-10(14)6-9(15)7-16-11;1-3-4-5-13(2)8-18-12(17-13)11-10(14)6-9(15)7-16-11/h6-9,11-12H,4-5,10,13H2,1-3H3,(H,24,25);6-7,18H,3-5,8H2,1-2H3,(H,17,19);6-7H,3-5,8H2,1-2H3/t20-;2*13-/m111/s1. The summed E-state index contributed by atoms with van der Waals surface area (Å²) in [5.41, 5.74) is -0.213. The van der Waals surface area contributed by atoms with Crippen LogP contribution in [-0.4, -0.2) is 82.6 Å². The van der Waals surface area contributed by atoms with Crippen LogP contribution in [0, 0.1) is 24.4 Å². The van der Waals surface area contributed by atoms with Gasteiger partial charge in [0.2, 0.25) is 5.90 Å². The number of carbonyl (C=O) groups excluding carboxylic acids is 2. The highest BCUT2D eigenvalue weighted by molar-refractivity contribution is 9.11. The Hall–Kier alpha value is -3.82. The first-order valence-corrected chi connectivity index (χ1v) is 25.2. The van der Waals surface area contributed by atoms with Crippen molar-refractivity contribution in [3.63, 3.8) is 0 Å². The quantitative estimate of drug-likeness (QED) is 0.0764. The molecule has 13 nitrogen and oxygen atoms in total. The lowest BCUT2D eigenvalue weighted by atomic mass is 9.95. The van der Waals surface area contributed by atoms with Crippen LogP contribution in [0.5, 0.6) is 0 Å². The Balaban J connectivity index is 0.000000274. The number of hydrogen-bond acceptors (Lipinski definition) is 11. The molecule has 0 fully saturated rings.